The molecule has 3 rings (SSSR count). The van der Waals surface area contributed by atoms with Crippen LogP contribution in [-0.2, 0) is 14.3 Å². The van der Waals surface area contributed by atoms with E-state index in [1.54, 1.807) is 19.1 Å². The molecule has 1 atom stereocenters. The van der Waals surface area contributed by atoms with Crippen LogP contribution >= 0.6 is 39.3 Å². The maximum atomic E-state index is 12.6. The number of hydrogen-bond acceptors (Lipinski definition) is 6. The number of esters is 1. The Hall–Kier alpha value is -2.29. The number of ether oxygens (including phenoxy) is 1. The molecule has 2 aromatic carbocycles. The number of amidine groups is 1. The number of carbonyl (C=O) groups is 2. The van der Waals surface area contributed by atoms with Crippen molar-refractivity contribution in [2.24, 2.45) is 4.99 Å². The molecule has 0 aromatic heterocycles. The zero-order valence-corrected chi connectivity index (χ0v) is 21.0. The minimum absolute atomic E-state index is 0.144. The standard InChI is InChI=1S/C23H23BrClN3O3S/c1-4-31-22(30)20-14(3)26-23(28-21(20)15-7-5-8-16(24)11-15)32-12-19(29)27-18-10-6-9-17(25)13(18)2/h5-11,21H,4,12H2,1-3H3,(H,26,28)(H,27,29)/t21-/m1/s1. The van der Waals surface area contributed by atoms with Crippen LogP contribution in [0, 0.1) is 6.92 Å². The van der Waals surface area contributed by atoms with E-state index >= 15 is 0 Å². The fourth-order valence-electron chi connectivity index (χ4n) is 3.17. The van der Waals surface area contributed by atoms with Gasteiger partial charge in [0, 0.05) is 20.9 Å². The molecule has 168 valence electrons. The lowest BCUT2D eigenvalue weighted by Crippen LogP contribution is -2.31. The molecule has 0 bridgehead atoms. The van der Waals surface area contributed by atoms with Crippen molar-refractivity contribution in [3.8, 4) is 0 Å². The van der Waals surface area contributed by atoms with Crippen LogP contribution < -0.4 is 10.6 Å². The molecule has 0 aliphatic carbocycles. The highest BCUT2D eigenvalue weighted by Crippen LogP contribution is 2.34. The van der Waals surface area contributed by atoms with Gasteiger partial charge < -0.3 is 15.4 Å². The van der Waals surface area contributed by atoms with E-state index in [0.717, 1.165) is 15.6 Å². The Morgan fingerprint density at radius 3 is 2.72 bits per heavy atom. The van der Waals surface area contributed by atoms with Gasteiger partial charge in [0.25, 0.3) is 0 Å². The molecule has 2 aromatic rings. The van der Waals surface area contributed by atoms with Crippen molar-refractivity contribution in [2.75, 3.05) is 17.7 Å². The van der Waals surface area contributed by atoms with Crippen LogP contribution in [0.4, 0.5) is 5.69 Å². The van der Waals surface area contributed by atoms with Gasteiger partial charge in [0.05, 0.1) is 17.9 Å². The van der Waals surface area contributed by atoms with Crippen LogP contribution in [0.25, 0.3) is 0 Å². The van der Waals surface area contributed by atoms with E-state index in [-0.39, 0.29) is 18.3 Å². The average Bonchev–Trinajstić information content (AvgIpc) is 2.75. The van der Waals surface area contributed by atoms with Crippen LogP contribution in [-0.4, -0.2) is 29.4 Å². The highest BCUT2D eigenvalue weighted by atomic mass is 79.9. The van der Waals surface area contributed by atoms with Gasteiger partial charge in [-0.3, -0.25) is 4.79 Å². The first-order valence-corrected chi connectivity index (χ1v) is 12.1. The van der Waals surface area contributed by atoms with E-state index in [1.807, 2.05) is 44.2 Å². The number of hydrogen-bond donors (Lipinski definition) is 2. The minimum atomic E-state index is -0.534. The van der Waals surface area contributed by atoms with Gasteiger partial charge in [-0.1, -0.05) is 57.5 Å². The number of thioether (sulfide) groups is 1. The first-order valence-electron chi connectivity index (χ1n) is 9.96. The van der Waals surface area contributed by atoms with E-state index < -0.39 is 12.0 Å². The quantitative estimate of drug-likeness (QED) is 0.469. The van der Waals surface area contributed by atoms with Crippen molar-refractivity contribution in [1.82, 2.24) is 5.32 Å². The Morgan fingerprint density at radius 1 is 1.25 bits per heavy atom. The molecule has 0 radical (unpaired) electrons. The summed E-state index contributed by atoms with van der Waals surface area (Å²) in [6, 6.07) is 12.5. The van der Waals surface area contributed by atoms with Gasteiger partial charge in [-0.15, -0.1) is 0 Å². The number of anilines is 1. The maximum absolute atomic E-state index is 12.6. The zero-order valence-electron chi connectivity index (χ0n) is 17.9. The fourth-order valence-corrected chi connectivity index (χ4v) is 4.51. The molecule has 1 aliphatic rings. The normalized spacial score (nSPS) is 15.7. The topological polar surface area (TPSA) is 79.8 Å². The molecule has 0 spiro atoms. The van der Waals surface area contributed by atoms with Crippen LogP contribution in [0.2, 0.25) is 5.02 Å². The molecule has 1 aliphatic heterocycles. The van der Waals surface area contributed by atoms with Gasteiger partial charge >= 0.3 is 5.97 Å². The molecule has 2 N–H and O–H groups in total. The molecule has 1 amide bonds. The zero-order chi connectivity index (χ0) is 23.3. The van der Waals surface area contributed by atoms with Crippen molar-refractivity contribution >= 4 is 62.0 Å². The highest BCUT2D eigenvalue weighted by Gasteiger charge is 2.30. The summed E-state index contributed by atoms with van der Waals surface area (Å²) in [5, 5.41) is 7.16. The van der Waals surface area contributed by atoms with E-state index in [0.29, 0.717) is 27.1 Å². The molecule has 32 heavy (non-hydrogen) atoms. The van der Waals surface area contributed by atoms with Gasteiger partial charge in [0.2, 0.25) is 5.91 Å². The smallest absolute Gasteiger partial charge is 0.338 e. The summed E-state index contributed by atoms with van der Waals surface area (Å²) in [6.07, 6.45) is 0. The number of amides is 1. The molecule has 0 fully saturated rings. The predicted octanol–water partition coefficient (Wildman–Crippen LogP) is 5.62. The second-order valence-electron chi connectivity index (χ2n) is 7.03. The number of benzene rings is 2. The molecule has 6 nitrogen and oxygen atoms in total. The molecular formula is C23H23BrClN3O3S. The average molecular weight is 537 g/mol. The third-order valence-electron chi connectivity index (χ3n) is 4.76. The largest absolute Gasteiger partial charge is 0.463 e. The van der Waals surface area contributed by atoms with Crippen LogP contribution in [0.15, 0.2) is 63.2 Å². The van der Waals surface area contributed by atoms with Crippen molar-refractivity contribution in [1.29, 1.82) is 0 Å². The van der Waals surface area contributed by atoms with Crippen LogP contribution in [0.5, 0.6) is 0 Å². The number of nitrogens with one attached hydrogen (secondary N) is 2. The van der Waals surface area contributed by atoms with Gasteiger partial charge in [-0.05, 0) is 56.2 Å². The van der Waals surface area contributed by atoms with Crippen molar-refractivity contribution in [2.45, 2.75) is 26.8 Å². The predicted molar refractivity (Wildman–Crippen MR) is 134 cm³/mol. The maximum Gasteiger partial charge on any atom is 0.338 e. The SMILES string of the molecule is CCOC(=O)C1=C(C)NC(SCC(=O)Nc2cccc(Cl)c2C)=N[C@@H]1c1cccc(Br)c1. The lowest BCUT2D eigenvalue weighted by atomic mass is 9.97. The van der Waals surface area contributed by atoms with Crippen molar-refractivity contribution in [3.63, 3.8) is 0 Å². The number of carbonyl (C=O) groups excluding carboxylic acids is 2. The fraction of sp³-hybridized carbons (Fsp3) is 0.261. The Balaban J connectivity index is 1.78. The van der Waals surface area contributed by atoms with Gasteiger partial charge in [0.1, 0.15) is 6.04 Å². The minimum Gasteiger partial charge on any atom is -0.463 e. The lowest BCUT2D eigenvalue weighted by molar-refractivity contribution is -0.139. The first-order chi connectivity index (χ1) is 15.3. The van der Waals surface area contributed by atoms with Crippen molar-refractivity contribution < 1.29 is 14.3 Å². The summed E-state index contributed by atoms with van der Waals surface area (Å²) < 4.78 is 6.14. The highest BCUT2D eigenvalue weighted by molar-refractivity contribution is 9.10. The lowest BCUT2D eigenvalue weighted by Gasteiger charge is -2.26. The Morgan fingerprint density at radius 2 is 2.00 bits per heavy atom. The molecular weight excluding hydrogens is 514 g/mol. The van der Waals surface area contributed by atoms with Crippen molar-refractivity contribution in [3.05, 3.63) is 74.4 Å². The van der Waals surface area contributed by atoms with E-state index in [9.17, 15) is 9.59 Å². The second-order valence-corrected chi connectivity index (χ2v) is 9.31. The summed E-state index contributed by atoms with van der Waals surface area (Å²) in [4.78, 5) is 29.9. The van der Waals surface area contributed by atoms with Gasteiger partial charge in [-0.25, -0.2) is 9.79 Å². The van der Waals surface area contributed by atoms with Gasteiger partial charge in [-0.2, -0.15) is 0 Å². The van der Waals surface area contributed by atoms with E-state index in [4.69, 9.17) is 21.3 Å². The summed E-state index contributed by atoms with van der Waals surface area (Å²) >= 11 is 10.9. The summed E-state index contributed by atoms with van der Waals surface area (Å²) in [5.41, 5.74) is 3.44. The molecule has 1 heterocycles. The number of allylic oxidation sites excluding steroid dienone is 1. The monoisotopic (exact) mass is 535 g/mol. The molecule has 0 saturated carbocycles. The number of halogens is 2. The van der Waals surface area contributed by atoms with Crippen LogP contribution in [0.1, 0.15) is 31.0 Å². The Kier molecular flexibility index (Phi) is 8.39. The Bertz CT molecular complexity index is 1100. The first kappa shape index (κ1) is 24.4. The molecule has 0 saturated heterocycles. The summed E-state index contributed by atoms with van der Waals surface area (Å²) in [5.74, 6) is -0.448. The van der Waals surface area contributed by atoms with E-state index in [1.165, 1.54) is 11.8 Å². The second kappa shape index (κ2) is 11.0. The number of aliphatic imine (C=N–C) groups is 1. The molecule has 0 unspecified atom stereocenters. The number of rotatable bonds is 6. The summed E-state index contributed by atoms with van der Waals surface area (Å²) in [7, 11) is 0. The third-order valence-corrected chi connectivity index (χ3v) is 6.55. The number of nitrogens with zero attached hydrogens (tertiary/aromatic N) is 1. The Labute approximate surface area is 205 Å². The van der Waals surface area contributed by atoms with E-state index in [2.05, 4.69) is 26.6 Å². The molecule has 9 heteroatoms. The third kappa shape index (κ3) is 5.94. The summed E-state index contributed by atoms with van der Waals surface area (Å²) in [6.45, 7) is 5.70. The van der Waals surface area contributed by atoms with Gasteiger partial charge in [0.15, 0.2) is 5.17 Å². The van der Waals surface area contributed by atoms with Crippen LogP contribution in [0.3, 0.4) is 0 Å².